The van der Waals surface area contributed by atoms with Gasteiger partial charge in [-0.05, 0) is 91.8 Å². The van der Waals surface area contributed by atoms with Crippen LogP contribution in [0, 0.1) is 46.3 Å². The molecule has 4 nitrogen and oxygen atoms in total. The van der Waals surface area contributed by atoms with Crippen LogP contribution < -0.4 is 0 Å². The lowest BCUT2D eigenvalue weighted by atomic mass is 9.44. The number of ketones is 1. The zero-order valence-electron chi connectivity index (χ0n) is 17.8. The van der Waals surface area contributed by atoms with E-state index >= 15 is 0 Å². The van der Waals surface area contributed by atoms with E-state index in [0.29, 0.717) is 41.8 Å². The number of Topliss-reactive ketones (excluding diaryl/α,β-unsaturated/α-hetero) is 1. The Balaban J connectivity index is 1.56. The first-order valence-corrected chi connectivity index (χ1v) is 11.6. The van der Waals surface area contributed by atoms with Gasteiger partial charge in [-0.25, -0.2) is 0 Å². The molecule has 28 heavy (non-hydrogen) atoms. The summed E-state index contributed by atoms with van der Waals surface area (Å²) in [6.07, 6.45) is 8.81. The maximum Gasteiger partial charge on any atom is 0.303 e. The SMILES string of the molecule is C[C@H](CCC(=O)O)C1CCC2C3C(=O)CC4C[C@H](O)CC[C@]4(C)C3CC[C@@]21C. The van der Waals surface area contributed by atoms with Gasteiger partial charge in [0.2, 0.25) is 0 Å². The van der Waals surface area contributed by atoms with Crippen molar-refractivity contribution >= 4 is 11.8 Å². The van der Waals surface area contributed by atoms with Crippen LogP contribution >= 0.6 is 0 Å². The number of carbonyl (C=O) groups is 2. The van der Waals surface area contributed by atoms with E-state index in [-0.39, 0.29) is 29.3 Å². The van der Waals surface area contributed by atoms with Crippen LogP contribution in [0.15, 0.2) is 0 Å². The molecule has 4 aliphatic carbocycles. The highest BCUT2D eigenvalue weighted by atomic mass is 16.4. The van der Waals surface area contributed by atoms with Crippen LogP contribution in [0.1, 0.15) is 85.0 Å². The molecule has 0 aromatic carbocycles. The number of carboxylic acid groups (broad SMARTS) is 1. The molecule has 4 rings (SSSR count). The normalized spacial score (nSPS) is 49.1. The monoisotopic (exact) mass is 390 g/mol. The van der Waals surface area contributed by atoms with Crippen LogP contribution in [-0.2, 0) is 9.59 Å². The molecule has 9 atom stereocenters. The molecule has 0 saturated heterocycles. The first-order valence-electron chi connectivity index (χ1n) is 11.6. The second-order valence-electron chi connectivity index (χ2n) is 11.2. The Morgan fingerprint density at radius 3 is 2.50 bits per heavy atom. The largest absolute Gasteiger partial charge is 0.481 e. The molecule has 4 aliphatic rings. The van der Waals surface area contributed by atoms with Crippen molar-refractivity contribution in [3.63, 3.8) is 0 Å². The average Bonchev–Trinajstić information content (AvgIpc) is 2.98. The third kappa shape index (κ3) is 3.05. The van der Waals surface area contributed by atoms with Crippen molar-refractivity contribution in [2.24, 2.45) is 46.3 Å². The predicted molar refractivity (Wildman–Crippen MR) is 108 cm³/mol. The first kappa shape index (κ1) is 20.4. The maximum atomic E-state index is 13.3. The number of carboxylic acids is 1. The molecule has 0 radical (unpaired) electrons. The van der Waals surface area contributed by atoms with Gasteiger partial charge in [0.25, 0.3) is 0 Å². The van der Waals surface area contributed by atoms with Gasteiger partial charge in [-0.2, -0.15) is 0 Å². The predicted octanol–water partition coefficient (Wildman–Crippen LogP) is 4.69. The molecule has 4 heteroatoms. The summed E-state index contributed by atoms with van der Waals surface area (Å²) in [5, 5.41) is 19.3. The molecular weight excluding hydrogens is 352 g/mol. The van der Waals surface area contributed by atoms with Crippen molar-refractivity contribution in [3.8, 4) is 0 Å². The molecule has 2 N–H and O–H groups in total. The van der Waals surface area contributed by atoms with Crippen molar-refractivity contribution in [2.75, 3.05) is 0 Å². The fourth-order valence-electron chi connectivity index (χ4n) is 8.44. The molecule has 0 aromatic heterocycles. The zero-order chi connectivity index (χ0) is 20.3. The number of fused-ring (bicyclic) bond motifs is 5. The van der Waals surface area contributed by atoms with Crippen molar-refractivity contribution in [1.82, 2.24) is 0 Å². The molecule has 4 fully saturated rings. The summed E-state index contributed by atoms with van der Waals surface area (Å²) in [7, 11) is 0. The number of carbonyl (C=O) groups excluding carboxylic acids is 1. The summed E-state index contributed by atoms with van der Waals surface area (Å²) < 4.78 is 0. The molecule has 0 aromatic rings. The van der Waals surface area contributed by atoms with Crippen molar-refractivity contribution in [3.05, 3.63) is 0 Å². The Labute approximate surface area is 169 Å². The maximum absolute atomic E-state index is 13.3. The summed E-state index contributed by atoms with van der Waals surface area (Å²) in [6.45, 7) is 7.06. The van der Waals surface area contributed by atoms with Gasteiger partial charge in [-0.15, -0.1) is 0 Å². The Bertz CT molecular complexity index is 645. The van der Waals surface area contributed by atoms with Gasteiger partial charge in [0.05, 0.1) is 6.10 Å². The van der Waals surface area contributed by atoms with Crippen LogP contribution in [0.5, 0.6) is 0 Å². The van der Waals surface area contributed by atoms with Crippen LogP contribution in [0.2, 0.25) is 0 Å². The summed E-state index contributed by atoms with van der Waals surface area (Å²) >= 11 is 0. The fourth-order valence-corrected chi connectivity index (χ4v) is 8.44. The minimum absolute atomic E-state index is 0.187. The van der Waals surface area contributed by atoms with E-state index in [9.17, 15) is 14.7 Å². The van der Waals surface area contributed by atoms with Crippen molar-refractivity contribution < 1.29 is 19.8 Å². The molecule has 158 valence electrons. The van der Waals surface area contributed by atoms with Gasteiger partial charge < -0.3 is 10.2 Å². The molecule has 0 heterocycles. The number of aliphatic hydroxyl groups is 1. The number of hydrogen-bond donors (Lipinski definition) is 2. The average molecular weight is 391 g/mol. The van der Waals surface area contributed by atoms with Gasteiger partial charge >= 0.3 is 5.97 Å². The summed E-state index contributed by atoms with van der Waals surface area (Å²) in [5.74, 6) is 2.25. The number of rotatable bonds is 4. The Hall–Kier alpha value is -0.900. The quantitative estimate of drug-likeness (QED) is 0.730. The van der Waals surface area contributed by atoms with E-state index in [0.717, 1.165) is 44.9 Å². The van der Waals surface area contributed by atoms with Gasteiger partial charge in [-0.3, -0.25) is 9.59 Å². The van der Waals surface area contributed by atoms with E-state index < -0.39 is 5.97 Å². The molecule has 0 aliphatic heterocycles. The molecule has 0 spiro atoms. The van der Waals surface area contributed by atoms with Crippen LogP contribution in [-0.4, -0.2) is 28.1 Å². The molecule has 0 bridgehead atoms. The third-order valence-electron chi connectivity index (χ3n) is 10.0. The van der Waals surface area contributed by atoms with Gasteiger partial charge in [-0.1, -0.05) is 20.8 Å². The molecule has 0 amide bonds. The van der Waals surface area contributed by atoms with Gasteiger partial charge in [0, 0.05) is 18.8 Å². The summed E-state index contributed by atoms with van der Waals surface area (Å²) in [5.41, 5.74) is 0.401. The number of aliphatic hydroxyl groups excluding tert-OH is 1. The van der Waals surface area contributed by atoms with Crippen molar-refractivity contribution in [2.45, 2.75) is 91.1 Å². The molecule has 5 unspecified atom stereocenters. The van der Waals surface area contributed by atoms with E-state index in [2.05, 4.69) is 20.8 Å². The summed E-state index contributed by atoms with van der Waals surface area (Å²) in [6, 6.07) is 0. The zero-order valence-corrected chi connectivity index (χ0v) is 17.8. The smallest absolute Gasteiger partial charge is 0.303 e. The number of aliphatic carboxylic acids is 1. The van der Waals surface area contributed by atoms with E-state index in [4.69, 9.17) is 5.11 Å². The van der Waals surface area contributed by atoms with Gasteiger partial charge in [0.15, 0.2) is 0 Å². The van der Waals surface area contributed by atoms with E-state index in [1.54, 1.807) is 0 Å². The lowest BCUT2D eigenvalue weighted by molar-refractivity contribution is -0.160. The lowest BCUT2D eigenvalue weighted by Crippen LogP contribution is -2.57. The highest BCUT2D eigenvalue weighted by Crippen LogP contribution is 2.67. The topological polar surface area (TPSA) is 74.6 Å². The standard InChI is InChI=1S/C24H38O4/c1-14(4-7-21(27)28)17-5-6-18-22-19(9-11-24(17,18)3)23(2)10-8-16(25)12-15(23)13-20(22)26/h14-19,22,25H,4-13H2,1-3H3,(H,27,28)/t14-,15?,16-,17?,18?,19?,22?,23+,24-/m1/s1. The highest BCUT2D eigenvalue weighted by molar-refractivity contribution is 5.83. The minimum Gasteiger partial charge on any atom is -0.481 e. The van der Waals surface area contributed by atoms with Crippen LogP contribution in [0.3, 0.4) is 0 Å². The lowest BCUT2D eigenvalue weighted by Gasteiger charge is -2.60. The minimum atomic E-state index is -0.698. The molecule has 4 saturated carbocycles. The van der Waals surface area contributed by atoms with Crippen molar-refractivity contribution in [1.29, 1.82) is 0 Å². The third-order valence-corrected chi connectivity index (χ3v) is 10.0. The van der Waals surface area contributed by atoms with E-state index in [1.807, 2.05) is 0 Å². The van der Waals surface area contributed by atoms with Crippen LogP contribution in [0.4, 0.5) is 0 Å². The Morgan fingerprint density at radius 1 is 1.11 bits per heavy atom. The first-order chi connectivity index (χ1) is 13.2. The molecular formula is C24H38O4. The van der Waals surface area contributed by atoms with Crippen LogP contribution in [0.25, 0.3) is 0 Å². The fraction of sp³-hybridized carbons (Fsp3) is 0.917. The second-order valence-corrected chi connectivity index (χ2v) is 11.2. The Kier molecular flexibility index (Phi) is 5.17. The summed E-state index contributed by atoms with van der Waals surface area (Å²) in [4.78, 5) is 24.4. The second kappa shape index (κ2) is 7.11. The Morgan fingerprint density at radius 2 is 1.79 bits per heavy atom. The van der Waals surface area contributed by atoms with Gasteiger partial charge in [0.1, 0.15) is 5.78 Å². The highest BCUT2D eigenvalue weighted by Gasteiger charge is 2.62. The van der Waals surface area contributed by atoms with E-state index in [1.165, 1.54) is 6.42 Å². The number of hydrogen-bond acceptors (Lipinski definition) is 3.